The van der Waals surface area contributed by atoms with Crippen LogP contribution in [0, 0.1) is 29.1 Å². The lowest BCUT2D eigenvalue weighted by atomic mass is 9.55. The molecule has 1 aliphatic carbocycles. The molecule has 0 amide bonds. The van der Waals surface area contributed by atoms with Crippen LogP contribution in [0.5, 0.6) is 0 Å². The molecule has 5 nitrogen and oxygen atoms in total. The molecule has 1 N–H and O–H groups in total. The molecule has 0 unspecified atom stereocenters. The summed E-state index contributed by atoms with van der Waals surface area (Å²) >= 11 is 0. The maximum atomic E-state index is 12.0. The summed E-state index contributed by atoms with van der Waals surface area (Å²) in [5.41, 5.74) is -0.312. The van der Waals surface area contributed by atoms with Crippen LogP contribution in [0.3, 0.4) is 0 Å². The molecule has 0 bridgehead atoms. The van der Waals surface area contributed by atoms with Crippen molar-refractivity contribution in [2.24, 2.45) is 29.1 Å². The first-order valence-corrected chi connectivity index (χ1v) is 7.42. The molecule has 2 heterocycles. The van der Waals surface area contributed by atoms with Crippen LogP contribution in [0.1, 0.15) is 33.6 Å². The van der Waals surface area contributed by atoms with Crippen LogP contribution in [0.2, 0.25) is 0 Å². The van der Waals surface area contributed by atoms with Gasteiger partial charge in [0.15, 0.2) is 0 Å². The Labute approximate surface area is 118 Å². The third kappa shape index (κ3) is 1.65. The molecule has 112 valence electrons. The molecule has 2 aliphatic heterocycles. The van der Waals surface area contributed by atoms with Gasteiger partial charge in [-0.3, -0.25) is 9.59 Å². The van der Waals surface area contributed by atoms with Gasteiger partial charge in [-0.15, -0.1) is 0 Å². The summed E-state index contributed by atoms with van der Waals surface area (Å²) in [5.74, 6) is -0.712. The van der Waals surface area contributed by atoms with Gasteiger partial charge >= 0.3 is 11.9 Å². The van der Waals surface area contributed by atoms with Crippen LogP contribution in [0.15, 0.2) is 0 Å². The quantitative estimate of drug-likeness (QED) is 0.730. The minimum Gasteiger partial charge on any atom is -0.461 e. The molecule has 0 radical (unpaired) electrons. The van der Waals surface area contributed by atoms with E-state index in [9.17, 15) is 14.7 Å². The minimum absolute atomic E-state index is 0.0615. The molecule has 0 aromatic carbocycles. The van der Waals surface area contributed by atoms with Gasteiger partial charge in [-0.2, -0.15) is 0 Å². The van der Waals surface area contributed by atoms with Gasteiger partial charge in [0.1, 0.15) is 12.2 Å². The number of esters is 2. The van der Waals surface area contributed by atoms with E-state index in [0.717, 1.165) is 12.8 Å². The molecule has 20 heavy (non-hydrogen) atoms. The second kappa shape index (κ2) is 4.45. The molecule has 0 aromatic rings. The molecule has 1 saturated carbocycles. The van der Waals surface area contributed by atoms with E-state index in [1.165, 1.54) is 0 Å². The van der Waals surface area contributed by atoms with Crippen molar-refractivity contribution in [2.75, 3.05) is 6.61 Å². The van der Waals surface area contributed by atoms with Crippen LogP contribution >= 0.6 is 0 Å². The average Bonchev–Trinajstić information content (AvgIpc) is 2.69. The summed E-state index contributed by atoms with van der Waals surface area (Å²) in [4.78, 5) is 23.9. The van der Waals surface area contributed by atoms with Crippen molar-refractivity contribution in [3.8, 4) is 0 Å². The van der Waals surface area contributed by atoms with E-state index >= 15 is 0 Å². The Bertz CT molecular complexity index is 448. The molecule has 0 aromatic heterocycles. The average molecular weight is 282 g/mol. The number of fused-ring (bicyclic) bond motifs is 3. The van der Waals surface area contributed by atoms with Crippen molar-refractivity contribution < 1.29 is 24.2 Å². The SMILES string of the molecule is C[C@@H]1C(=O)O[C@H]2[C@H]1CC[C@]1(C)[C@@H]2[C@H](C)C(=O)O[C@H]1CO. The predicted molar refractivity (Wildman–Crippen MR) is 69.5 cm³/mol. The van der Waals surface area contributed by atoms with E-state index in [4.69, 9.17) is 9.47 Å². The van der Waals surface area contributed by atoms with Gasteiger partial charge in [0.25, 0.3) is 0 Å². The molecule has 3 fully saturated rings. The number of carbonyl (C=O) groups excluding carboxylic acids is 2. The van der Waals surface area contributed by atoms with Gasteiger partial charge in [-0.05, 0) is 12.8 Å². The van der Waals surface area contributed by atoms with Crippen molar-refractivity contribution in [1.82, 2.24) is 0 Å². The molecule has 0 spiro atoms. The van der Waals surface area contributed by atoms with Gasteiger partial charge < -0.3 is 14.6 Å². The lowest BCUT2D eigenvalue weighted by Gasteiger charge is -2.54. The number of cyclic esters (lactones) is 1. The van der Waals surface area contributed by atoms with Crippen molar-refractivity contribution in [3.05, 3.63) is 0 Å². The predicted octanol–water partition coefficient (Wildman–Crippen LogP) is 1.13. The largest absolute Gasteiger partial charge is 0.461 e. The van der Waals surface area contributed by atoms with Crippen LogP contribution in [-0.2, 0) is 19.1 Å². The van der Waals surface area contributed by atoms with Gasteiger partial charge in [0.05, 0.1) is 18.4 Å². The summed E-state index contributed by atoms with van der Waals surface area (Å²) in [6.45, 7) is 5.63. The van der Waals surface area contributed by atoms with E-state index in [2.05, 4.69) is 6.92 Å². The summed E-state index contributed by atoms with van der Waals surface area (Å²) in [7, 11) is 0. The second-order valence-corrected chi connectivity index (χ2v) is 6.82. The number of aliphatic hydroxyl groups is 1. The minimum atomic E-state index is -0.494. The Morgan fingerprint density at radius 1 is 1.20 bits per heavy atom. The molecule has 2 saturated heterocycles. The lowest BCUT2D eigenvalue weighted by Crippen LogP contribution is -2.60. The Balaban J connectivity index is 1.99. The Kier molecular flexibility index (Phi) is 3.08. The lowest BCUT2D eigenvalue weighted by molar-refractivity contribution is -0.212. The van der Waals surface area contributed by atoms with Gasteiger partial charge in [-0.25, -0.2) is 0 Å². The monoisotopic (exact) mass is 282 g/mol. The third-order valence-corrected chi connectivity index (χ3v) is 5.89. The fourth-order valence-corrected chi connectivity index (χ4v) is 4.57. The van der Waals surface area contributed by atoms with Crippen LogP contribution in [-0.4, -0.2) is 35.9 Å². The maximum Gasteiger partial charge on any atom is 0.309 e. The zero-order valence-corrected chi connectivity index (χ0v) is 12.2. The zero-order chi connectivity index (χ0) is 14.7. The highest BCUT2D eigenvalue weighted by Gasteiger charge is 2.62. The summed E-state index contributed by atoms with van der Waals surface area (Å²) in [6.07, 6.45) is 1.02. The Morgan fingerprint density at radius 2 is 1.85 bits per heavy atom. The van der Waals surface area contributed by atoms with Gasteiger partial charge in [-0.1, -0.05) is 20.8 Å². The standard InChI is InChI=1S/C15H22O5/c1-7-9-4-5-15(3)10(6-16)19-14(18)8(2)11(15)12(9)20-13(7)17/h7-12,16H,4-6H2,1-3H3/t7-,8-,9-,10-,11+,12-,15-/m0/s1. The smallest absolute Gasteiger partial charge is 0.309 e. The second-order valence-electron chi connectivity index (χ2n) is 6.82. The first kappa shape index (κ1) is 13.9. The van der Waals surface area contributed by atoms with Crippen LogP contribution in [0.4, 0.5) is 0 Å². The normalized spacial score (nSPS) is 51.0. The number of hydrogen-bond donors (Lipinski definition) is 1. The Hall–Kier alpha value is -1.10. The van der Waals surface area contributed by atoms with Gasteiger partial charge in [0.2, 0.25) is 0 Å². The van der Waals surface area contributed by atoms with E-state index in [0.29, 0.717) is 0 Å². The fourth-order valence-electron chi connectivity index (χ4n) is 4.57. The highest BCUT2D eigenvalue weighted by molar-refractivity contribution is 5.77. The fraction of sp³-hybridized carbons (Fsp3) is 0.867. The number of rotatable bonds is 1. The van der Waals surface area contributed by atoms with E-state index in [1.54, 1.807) is 0 Å². The maximum absolute atomic E-state index is 12.0. The summed E-state index contributed by atoms with van der Waals surface area (Å²) < 4.78 is 11.0. The first-order valence-electron chi connectivity index (χ1n) is 7.42. The first-order chi connectivity index (χ1) is 9.40. The molecule has 7 atom stereocenters. The van der Waals surface area contributed by atoms with E-state index < -0.39 is 6.10 Å². The zero-order valence-electron chi connectivity index (χ0n) is 12.2. The highest BCUT2D eigenvalue weighted by Crippen LogP contribution is 2.56. The van der Waals surface area contributed by atoms with Crippen molar-refractivity contribution in [1.29, 1.82) is 0 Å². The molecule has 3 rings (SSSR count). The summed E-state index contributed by atoms with van der Waals surface area (Å²) in [5, 5.41) is 9.56. The number of hydrogen-bond acceptors (Lipinski definition) is 5. The molecule has 3 aliphatic rings. The van der Waals surface area contributed by atoms with Crippen LogP contribution in [0.25, 0.3) is 0 Å². The van der Waals surface area contributed by atoms with Gasteiger partial charge in [0, 0.05) is 17.3 Å². The van der Waals surface area contributed by atoms with E-state index in [-0.39, 0.29) is 53.7 Å². The van der Waals surface area contributed by atoms with Crippen molar-refractivity contribution >= 4 is 11.9 Å². The topological polar surface area (TPSA) is 72.8 Å². The van der Waals surface area contributed by atoms with Crippen LogP contribution < -0.4 is 0 Å². The number of aliphatic hydroxyl groups excluding tert-OH is 1. The van der Waals surface area contributed by atoms with E-state index in [1.807, 2.05) is 13.8 Å². The van der Waals surface area contributed by atoms with Crippen molar-refractivity contribution in [2.45, 2.75) is 45.8 Å². The number of carbonyl (C=O) groups is 2. The Morgan fingerprint density at radius 3 is 2.50 bits per heavy atom. The molecule has 5 heteroatoms. The molecular formula is C15H22O5. The number of ether oxygens (including phenoxy) is 2. The van der Waals surface area contributed by atoms with Crippen molar-refractivity contribution in [3.63, 3.8) is 0 Å². The third-order valence-electron chi connectivity index (χ3n) is 5.89. The highest BCUT2D eigenvalue weighted by atomic mass is 16.6. The summed E-state index contributed by atoms with van der Waals surface area (Å²) in [6, 6.07) is 0. The molecular weight excluding hydrogens is 260 g/mol.